The zero-order chi connectivity index (χ0) is 14.6. The Hall–Kier alpha value is -1.71. The van der Waals surface area contributed by atoms with Gasteiger partial charge in [0.2, 0.25) is 0 Å². The Morgan fingerprint density at radius 1 is 1.21 bits per heavy atom. The second kappa shape index (κ2) is 6.45. The molecule has 0 saturated heterocycles. The fourth-order valence-corrected chi connectivity index (χ4v) is 2.23. The number of hydrogen-bond acceptors (Lipinski definition) is 4. The minimum Gasteiger partial charge on any atom is -0.496 e. The first kappa shape index (κ1) is 15.3. The third kappa shape index (κ3) is 3.40. The summed E-state index contributed by atoms with van der Waals surface area (Å²) in [6.07, 6.45) is 0.385. The third-order valence-electron chi connectivity index (χ3n) is 3.49. The van der Waals surface area contributed by atoms with Crippen LogP contribution in [-0.4, -0.2) is 33.8 Å². The second-order valence-electron chi connectivity index (χ2n) is 4.74. The maximum atomic E-state index is 11.2. The monoisotopic (exact) mass is 265 g/mol. The van der Waals surface area contributed by atoms with Gasteiger partial charge in [0, 0.05) is 19.3 Å². The van der Waals surface area contributed by atoms with E-state index in [9.17, 15) is 4.79 Å². The van der Waals surface area contributed by atoms with E-state index in [1.54, 1.807) is 7.11 Å². The highest BCUT2D eigenvalue weighted by molar-refractivity contribution is 5.70. The molecular formula is C15H23NO3. The molecule has 0 aliphatic heterocycles. The Labute approximate surface area is 115 Å². The van der Waals surface area contributed by atoms with Gasteiger partial charge in [0.25, 0.3) is 0 Å². The Bertz CT molecular complexity index is 469. The van der Waals surface area contributed by atoms with Crippen LogP contribution < -0.4 is 9.64 Å². The van der Waals surface area contributed by atoms with Gasteiger partial charge in [-0.3, -0.25) is 4.79 Å². The van der Waals surface area contributed by atoms with E-state index in [0.717, 1.165) is 22.6 Å². The van der Waals surface area contributed by atoms with Crippen molar-refractivity contribution in [1.82, 2.24) is 0 Å². The van der Waals surface area contributed by atoms with Crippen molar-refractivity contribution in [1.29, 1.82) is 0 Å². The molecule has 0 heterocycles. The molecule has 0 aliphatic rings. The number of aryl methyl sites for hydroxylation is 1. The number of rotatable bonds is 5. The van der Waals surface area contributed by atoms with Gasteiger partial charge in [-0.1, -0.05) is 0 Å². The van der Waals surface area contributed by atoms with Crippen LogP contribution in [0.25, 0.3) is 0 Å². The van der Waals surface area contributed by atoms with Crippen LogP contribution in [0.5, 0.6) is 5.75 Å². The lowest BCUT2D eigenvalue weighted by atomic mass is 10.0. The summed E-state index contributed by atoms with van der Waals surface area (Å²) in [5.41, 5.74) is 4.54. The van der Waals surface area contributed by atoms with Gasteiger partial charge in [0.1, 0.15) is 5.75 Å². The van der Waals surface area contributed by atoms with Gasteiger partial charge in [-0.25, -0.2) is 0 Å². The number of methoxy groups -OCH3 is 2. The quantitative estimate of drug-likeness (QED) is 0.767. The first-order valence-electron chi connectivity index (χ1n) is 6.35. The first-order chi connectivity index (χ1) is 8.92. The van der Waals surface area contributed by atoms with Crippen molar-refractivity contribution in [3.05, 3.63) is 22.8 Å². The van der Waals surface area contributed by atoms with E-state index in [0.29, 0.717) is 13.0 Å². The molecule has 0 radical (unpaired) electrons. The summed E-state index contributed by atoms with van der Waals surface area (Å²) in [7, 11) is 5.08. The van der Waals surface area contributed by atoms with Crippen molar-refractivity contribution < 1.29 is 14.3 Å². The topological polar surface area (TPSA) is 38.8 Å². The zero-order valence-electron chi connectivity index (χ0n) is 12.7. The van der Waals surface area contributed by atoms with Crippen molar-refractivity contribution in [3.63, 3.8) is 0 Å². The van der Waals surface area contributed by atoms with Gasteiger partial charge >= 0.3 is 5.97 Å². The van der Waals surface area contributed by atoms with Gasteiger partial charge in [0.05, 0.1) is 20.6 Å². The molecule has 0 N–H and O–H groups in total. The lowest BCUT2D eigenvalue weighted by Crippen LogP contribution is -2.22. The van der Waals surface area contributed by atoms with Crippen LogP contribution in [0, 0.1) is 20.8 Å². The average Bonchev–Trinajstić information content (AvgIpc) is 2.40. The van der Waals surface area contributed by atoms with Crippen molar-refractivity contribution in [2.24, 2.45) is 0 Å². The van der Waals surface area contributed by atoms with E-state index in [1.165, 1.54) is 12.7 Å². The van der Waals surface area contributed by atoms with Crippen LogP contribution in [0.1, 0.15) is 23.1 Å². The summed E-state index contributed by atoms with van der Waals surface area (Å²) in [6, 6.07) is 2.10. The van der Waals surface area contributed by atoms with Gasteiger partial charge in [0.15, 0.2) is 0 Å². The molecule has 1 aromatic carbocycles. The fourth-order valence-electron chi connectivity index (χ4n) is 2.23. The van der Waals surface area contributed by atoms with E-state index in [1.807, 2.05) is 14.0 Å². The summed E-state index contributed by atoms with van der Waals surface area (Å²) < 4.78 is 10.1. The van der Waals surface area contributed by atoms with Crippen molar-refractivity contribution in [2.75, 3.05) is 32.7 Å². The Kier molecular flexibility index (Phi) is 5.21. The van der Waals surface area contributed by atoms with E-state index in [4.69, 9.17) is 4.74 Å². The molecule has 0 unspecified atom stereocenters. The van der Waals surface area contributed by atoms with Crippen LogP contribution in [0.3, 0.4) is 0 Å². The molecule has 4 nitrogen and oxygen atoms in total. The normalized spacial score (nSPS) is 10.2. The maximum Gasteiger partial charge on any atom is 0.307 e. The lowest BCUT2D eigenvalue weighted by molar-refractivity contribution is -0.140. The number of ether oxygens (including phenoxy) is 2. The molecule has 0 saturated carbocycles. The second-order valence-corrected chi connectivity index (χ2v) is 4.74. The van der Waals surface area contributed by atoms with Crippen LogP contribution in [-0.2, 0) is 9.53 Å². The SMILES string of the molecule is COC(=O)CCN(C)c1cc(C)c(OC)c(C)c1C. The van der Waals surface area contributed by atoms with Gasteiger partial charge < -0.3 is 14.4 Å². The van der Waals surface area contributed by atoms with E-state index in [2.05, 4.69) is 29.6 Å². The number of hydrogen-bond donors (Lipinski definition) is 0. The summed E-state index contributed by atoms with van der Waals surface area (Å²) in [5, 5.41) is 0. The minimum absolute atomic E-state index is 0.188. The highest BCUT2D eigenvalue weighted by Gasteiger charge is 2.14. The molecule has 0 spiro atoms. The number of esters is 1. The highest BCUT2D eigenvalue weighted by Crippen LogP contribution is 2.33. The van der Waals surface area contributed by atoms with Crippen LogP contribution >= 0.6 is 0 Å². The molecule has 4 heteroatoms. The molecule has 19 heavy (non-hydrogen) atoms. The molecule has 0 amide bonds. The summed E-state index contributed by atoms with van der Waals surface area (Å²) in [6.45, 7) is 6.79. The third-order valence-corrected chi connectivity index (χ3v) is 3.49. The summed E-state index contributed by atoms with van der Waals surface area (Å²) >= 11 is 0. The van der Waals surface area contributed by atoms with Crippen LogP contribution in [0.15, 0.2) is 6.07 Å². The number of benzene rings is 1. The summed E-state index contributed by atoms with van der Waals surface area (Å²) in [4.78, 5) is 13.3. The van der Waals surface area contributed by atoms with Gasteiger partial charge in [-0.05, 0) is 43.5 Å². The fraction of sp³-hybridized carbons (Fsp3) is 0.533. The molecule has 0 aromatic heterocycles. The van der Waals surface area contributed by atoms with E-state index >= 15 is 0 Å². The number of carbonyl (C=O) groups is 1. The van der Waals surface area contributed by atoms with Crippen molar-refractivity contribution in [3.8, 4) is 5.75 Å². The molecule has 0 bridgehead atoms. The van der Waals surface area contributed by atoms with Crippen molar-refractivity contribution >= 4 is 11.7 Å². The smallest absolute Gasteiger partial charge is 0.307 e. The first-order valence-corrected chi connectivity index (χ1v) is 6.35. The van der Waals surface area contributed by atoms with E-state index < -0.39 is 0 Å². The number of anilines is 1. The van der Waals surface area contributed by atoms with Gasteiger partial charge in [-0.15, -0.1) is 0 Å². The number of carbonyl (C=O) groups excluding carboxylic acids is 1. The molecular weight excluding hydrogens is 242 g/mol. The van der Waals surface area contributed by atoms with E-state index in [-0.39, 0.29) is 5.97 Å². The Balaban J connectivity index is 2.98. The molecule has 1 aromatic rings. The average molecular weight is 265 g/mol. The Morgan fingerprint density at radius 3 is 2.37 bits per heavy atom. The number of nitrogens with zero attached hydrogens (tertiary/aromatic N) is 1. The largest absolute Gasteiger partial charge is 0.496 e. The molecule has 0 aliphatic carbocycles. The lowest BCUT2D eigenvalue weighted by Gasteiger charge is -2.24. The highest BCUT2D eigenvalue weighted by atomic mass is 16.5. The standard InChI is InChI=1S/C15H23NO3/c1-10-9-13(11(2)12(3)15(10)19-6)16(4)8-7-14(17)18-5/h9H,7-8H2,1-6H3. The Morgan fingerprint density at radius 2 is 1.84 bits per heavy atom. The minimum atomic E-state index is -0.188. The van der Waals surface area contributed by atoms with Crippen molar-refractivity contribution in [2.45, 2.75) is 27.2 Å². The summed E-state index contributed by atoms with van der Waals surface area (Å²) in [5.74, 6) is 0.745. The molecule has 0 atom stereocenters. The molecule has 106 valence electrons. The predicted molar refractivity (Wildman–Crippen MR) is 77.1 cm³/mol. The van der Waals surface area contributed by atoms with Crippen LogP contribution in [0.4, 0.5) is 5.69 Å². The van der Waals surface area contributed by atoms with Crippen LogP contribution in [0.2, 0.25) is 0 Å². The van der Waals surface area contributed by atoms with Gasteiger partial charge in [-0.2, -0.15) is 0 Å². The maximum absolute atomic E-state index is 11.2. The predicted octanol–water partition coefficient (Wildman–Crippen LogP) is 2.62. The molecule has 0 fully saturated rings. The zero-order valence-corrected chi connectivity index (χ0v) is 12.7. The molecule has 1 rings (SSSR count).